The number of aliphatic hydroxyl groups excluding tert-OH is 1. The van der Waals surface area contributed by atoms with Crippen LogP contribution in [0.2, 0.25) is 0 Å². The second-order valence-electron chi connectivity index (χ2n) is 6.33. The van der Waals surface area contributed by atoms with Gasteiger partial charge in [-0.05, 0) is 39.0 Å². The largest absolute Gasteiger partial charge is 0.456 e. The first kappa shape index (κ1) is 15.7. The highest BCUT2D eigenvalue weighted by atomic mass is 19.1. The van der Waals surface area contributed by atoms with Gasteiger partial charge in [-0.15, -0.1) is 0 Å². The zero-order valence-corrected chi connectivity index (χ0v) is 12.3. The topological polar surface area (TPSA) is 49.8 Å². The number of aliphatic hydroxyl groups is 1. The highest BCUT2D eigenvalue weighted by Gasteiger charge is 2.43. The molecule has 0 atom stereocenters. The highest BCUT2D eigenvalue weighted by molar-refractivity contribution is 5.91. The van der Waals surface area contributed by atoms with Gasteiger partial charge in [0.15, 0.2) is 5.67 Å². The fourth-order valence-electron chi connectivity index (χ4n) is 2.12. The van der Waals surface area contributed by atoms with E-state index in [-0.39, 0.29) is 18.7 Å². The summed E-state index contributed by atoms with van der Waals surface area (Å²) < 4.78 is 32.6. The number of carbonyl (C=O) groups excluding carboxylic acids is 1. The van der Waals surface area contributed by atoms with Crippen LogP contribution >= 0.6 is 0 Å². The van der Waals surface area contributed by atoms with Crippen molar-refractivity contribution in [2.24, 2.45) is 0 Å². The van der Waals surface area contributed by atoms with Crippen LogP contribution < -0.4 is 4.90 Å². The molecule has 0 spiro atoms. The molecular formula is C15H19F2NO3. The van der Waals surface area contributed by atoms with Crippen molar-refractivity contribution in [3.05, 3.63) is 29.6 Å². The number of esters is 1. The summed E-state index contributed by atoms with van der Waals surface area (Å²) in [6, 6.07) is 3.98. The summed E-state index contributed by atoms with van der Waals surface area (Å²) >= 11 is 0. The van der Waals surface area contributed by atoms with Gasteiger partial charge < -0.3 is 14.7 Å². The van der Waals surface area contributed by atoms with Gasteiger partial charge in [-0.2, -0.15) is 0 Å². The number of halogens is 2. The van der Waals surface area contributed by atoms with Gasteiger partial charge in [0.2, 0.25) is 0 Å². The van der Waals surface area contributed by atoms with Gasteiger partial charge >= 0.3 is 5.97 Å². The number of rotatable bonds is 3. The molecule has 0 aliphatic carbocycles. The molecule has 4 nitrogen and oxygen atoms in total. The number of anilines is 1. The van der Waals surface area contributed by atoms with Crippen molar-refractivity contribution in [3.63, 3.8) is 0 Å². The molecule has 0 unspecified atom stereocenters. The molecule has 0 amide bonds. The maximum Gasteiger partial charge on any atom is 0.341 e. The summed E-state index contributed by atoms with van der Waals surface area (Å²) in [5.74, 6) is -1.43. The lowest BCUT2D eigenvalue weighted by Gasteiger charge is -2.45. The molecule has 1 aromatic carbocycles. The van der Waals surface area contributed by atoms with E-state index in [1.54, 1.807) is 25.7 Å². The van der Waals surface area contributed by atoms with Gasteiger partial charge in [0.25, 0.3) is 0 Å². The number of ether oxygens (including phenoxy) is 1. The van der Waals surface area contributed by atoms with Crippen LogP contribution in [-0.4, -0.2) is 42.0 Å². The molecule has 1 aliphatic heterocycles. The van der Waals surface area contributed by atoms with Crippen molar-refractivity contribution in [1.29, 1.82) is 0 Å². The summed E-state index contributed by atoms with van der Waals surface area (Å²) in [7, 11) is 0. The van der Waals surface area contributed by atoms with E-state index in [0.29, 0.717) is 5.69 Å². The Balaban J connectivity index is 2.17. The van der Waals surface area contributed by atoms with Gasteiger partial charge in [-0.25, -0.2) is 13.6 Å². The van der Waals surface area contributed by atoms with Crippen molar-refractivity contribution < 1.29 is 23.4 Å². The maximum absolute atomic E-state index is 13.8. The minimum atomic E-state index is -1.62. The number of alkyl halides is 1. The molecule has 0 aromatic heterocycles. The molecule has 1 aliphatic rings. The standard InChI is InChI=1S/C15H19F2NO3/c1-14(2,3)21-13(20)11-6-10(4-5-12(11)16)18-7-15(17,8-18)9-19/h4-6,19H,7-9H2,1-3H3. The second-order valence-corrected chi connectivity index (χ2v) is 6.33. The predicted molar refractivity (Wildman–Crippen MR) is 74.7 cm³/mol. The third-order valence-corrected chi connectivity index (χ3v) is 3.17. The van der Waals surface area contributed by atoms with E-state index < -0.39 is 29.7 Å². The minimum Gasteiger partial charge on any atom is -0.456 e. The zero-order valence-electron chi connectivity index (χ0n) is 12.3. The quantitative estimate of drug-likeness (QED) is 0.870. The molecule has 1 heterocycles. The Morgan fingerprint density at radius 1 is 1.43 bits per heavy atom. The number of carbonyl (C=O) groups is 1. The highest BCUT2D eigenvalue weighted by Crippen LogP contribution is 2.31. The Morgan fingerprint density at radius 3 is 2.57 bits per heavy atom. The number of hydrogen-bond donors (Lipinski definition) is 1. The average Bonchev–Trinajstić information content (AvgIpc) is 2.33. The Bertz CT molecular complexity index is 548. The molecule has 2 rings (SSSR count). The lowest BCUT2D eigenvalue weighted by Crippen LogP contribution is -2.61. The molecule has 1 N–H and O–H groups in total. The normalized spacial score (nSPS) is 17.3. The Morgan fingerprint density at radius 2 is 2.05 bits per heavy atom. The summed E-state index contributed by atoms with van der Waals surface area (Å²) in [6.45, 7) is 4.57. The lowest BCUT2D eigenvalue weighted by atomic mass is 9.96. The van der Waals surface area contributed by atoms with Crippen LogP contribution in [-0.2, 0) is 4.74 Å². The van der Waals surface area contributed by atoms with Gasteiger partial charge in [0, 0.05) is 5.69 Å². The molecule has 116 valence electrons. The van der Waals surface area contributed by atoms with Crippen molar-refractivity contribution in [3.8, 4) is 0 Å². The zero-order chi connectivity index (χ0) is 15.8. The van der Waals surface area contributed by atoms with Crippen LogP contribution in [0.3, 0.4) is 0 Å². The van der Waals surface area contributed by atoms with Gasteiger partial charge in [0.1, 0.15) is 11.4 Å². The number of benzene rings is 1. The summed E-state index contributed by atoms with van der Waals surface area (Å²) in [5.41, 5.74) is -2.00. The van der Waals surface area contributed by atoms with Crippen molar-refractivity contribution in [1.82, 2.24) is 0 Å². The number of hydrogen-bond acceptors (Lipinski definition) is 4. The first-order valence-corrected chi connectivity index (χ1v) is 6.71. The van der Waals surface area contributed by atoms with Crippen molar-refractivity contribution in [2.45, 2.75) is 32.0 Å². The van der Waals surface area contributed by atoms with E-state index in [1.807, 2.05) is 0 Å². The van der Waals surface area contributed by atoms with E-state index in [1.165, 1.54) is 12.1 Å². The molecule has 21 heavy (non-hydrogen) atoms. The molecule has 6 heteroatoms. The summed E-state index contributed by atoms with van der Waals surface area (Å²) in [6.07, 6.45) is 0. The summed E-state index contributed by atoms with van der Waals surface area (Å²) in [5, 5.41) is 8.89. The van der Waals surface area contributed by atoms with Crippen LogP contribution in [0.25, 0.3) is 0 Å². The third kappa shape index (κ3) is 3.50. The molecule has 1 saturated heterocycles. The monoisotopic (exact) mass is 299 g/mol. The Labute approximate surface area is 122 Å². The molecule has 0 bridgehead atoms. The molecular weight excluding hydrogens is 280 g/mol. The summed E-state index contributed by atoms with van der Waals surface area (Å²) in [4.78, 5) is 13.6. The first-order valence-electron chi connectivity index (χ1n) is 6.71. The van der Waals surface area contributed by atoms with E-state index in [4.69, 9.17) is 9.84 Å². The fourth-order valence-corrected chi connectivity index (χ4v) is 2.12. The molecule has 0 radical (unpaired) electrons. The Hall–Kier alpha value is -1.69. The maximum atomic E-state index is 13.8. The number of nitrogens with zero attached hydrogens (tertiary/aromatic N) is 1. The van der Waals surface area contributed by atoms with Gasteiger partial charge in [0.05, 0.1) is 25.3 Å². The van der Waals surface area contributed by atoms with Crippen LogP contribution in [0.4, 0.5) is 14.5 Å². The first-order chi connectivity index (χ1) is 9.63. The van der Waals surface area contributed by atoms with Crippen LogP contribution in [0.5, 0.6) is 0 Å². The van der Waals surface area contributed by atoms with E-state index in [2.05, 4.69) is 0 Å². The van der Waals surface area contributed by atoms with Gasteiger partial charge in [-0.1, -0.05) is 0 Å². The third-order valence-electron chi connectivity index (χ3n) is 3.17. The van der Waals surface area contributed by atoms with Crippen LogP contribution in [0.15, 0.2) is 18.2 Å². The Kier molecular flexibility index (Phi) is 3.93. The molecule has 0 saturated carbocycles. The lowest BCUT2D eigenvalue weighted by molar-refractivity contribution is 0.00646. The fraction of sp³-hybridized carbons (Fsp3) is 0.533. The SMILES string of the molecule is CC(C)(C)OC(=O)c1cc(N2CC(F)(CO)C2)ccc1F. The van der Waals surface area contributed by atoms with E-state index in [0.717, 1.165) is 6.07 Å². The molecule has 1 aromatic rings. The minimum absolute atomic E-state index is 0.0168. The smallest absolute Gasteiger partial charge is 0.341 e. The molecule has 1 fully saturated rings. The van der Waals surface area contributed by atoms with Crippen LogP contribution in [0, 0.1) is 5.82 Å². The van der Waals surface area contributed by atoms with Crippen molar-refractivity contribution >= 4 is 11.7 Å². The second kappa shape index (κ2) is 5.26. The van der Waals surface area contributed by atoms with Gasteiger partial charge in [-0.3, -0.25) is 0 Å². The van der Waals surface area contributed by atoms with Crippen molar-refractivity contribution in [2.75, 3.05) is 24.6 Å². The van der Waals surface area contributed by atoms with E-state index >= 15 is 0 Å². The predicted octanol–water partition coefficient (Wildman–Crippen LogP) is 2.30. The van der Waals surface area contributed by atoms with Crippen LogP contribution in [0.1, 0.15) is 31.1 Å². The van der Waals surface area contributed by atoms with E-state index in [9.17, 15) is 13.6 Å². The average molecular weight is 299 g/mol.